The summed E-state index contributed by atoms with van der Waals surface area (Å²) in [4.78, 5) is 0. The first-order chi connectivity index (χ1) is 4.83. The molecule has 0 aliphatic rings. The molecule has 0 aromatic carbocycles. The molecule has 68 valence electrons. The summed E-state index contributed by atoms with van der Waals surface area (Å²) in [6.07, 6.45) is 2.39. The van der Waals surface area contributed by atoms with Crippen LogP contribution in [-0.4, -0.2) is 12.3 Å². The fraction of sp³-hybridized carbons (Fsp3) is 1.00. The molecule has 3 heteroatoms. The van der Waals surface area contributed by atoms with E-state index in [0.717, 1.165) is 11.8 Å². The van der Waals surface area contributed by atoms with Crippen molar-refractivity contribution in [2.75, 3.05) is 12.3 Å². The highest BCUT2D eigenvalue weighted by atomic mass is 79.9. The van der Waals surface area contributed by atoms with Gasteiger partial charge in [-0.1, -0.05) is 39.5 Å². The van der Waals surface area contributed by atoms with E-state index in [4.69, 9.17) is 11.8 Å². The predicted octanol–water partition coefficient (Wildman–Crippen LogP) is 4.09. The SMILES string of the molecule is CC(C)CP(=S)(Br)CC(C)C. The van der Waals surface area contributed by atoms with Gasteiger partial charge in [0.05, 0.1) is 0 Å². The van der Waals surface area contributed by atoms with E-state index in [1.807, 2.05) is 0 Å². The van der Waals surface area contributed by atoms with Gasteiger partial charge < -0.3 is 0 Å². The predicted molar refractivity (Wildman–Crippen MR) is 62.6 cm³/mol. The molecule has 0 saturated heterocycles. The number of rotatable bonds is 4. The van der Waals surface area contributed by atoms with Gasteiger partial charge in [-0.15, -0.1) is 0 Å². The molecule has 0 bridgehead atoms. The highest BCUT2D eigenvalue weighted by Gasteiger charge is 2.15. The van der Waals surface area contributed by atoms with Crippen molar-refractivity contribution >= 4 is 32.0 Å². The van der Waals surface area contributed by atoms with Crippen LogP contribution in [0.2, 0.25) is 0 Å². The van der Waals surface area contributed by atoms with Crippen LogP contribution in [0.25, 0.3) is 0 Å². The van der Waals surface area contributed by atoms with Crippen molar-refractivity contribution in [3.63, 3.8) is 0 Å². The van der Waals surface area contributed by atoms with E-state index in [2.05, 4.69) is 43.2 Å². The first-order valence-electron chi connectivity index (χ1n) is 4.11. The van der Waals surface area contributed by atoms with Crippen molar-refractivity contribution in [2.45, 2.75) is 27.7 Å². The Kier molecular flexibility index (Phi) is 5.50. The van der Waals surface area contributed by atoms with Gasteiger partial charge in [0.15, 0.2) is 0 Å². The molecule has 0 atom stereocenters. The Hall–Kier alpha value is 1.13. The van der Waals surface area contributed by atoms with Crippen LogP contribution >= 0.6 is 20.2 Å². The molecule has 0 fully saturated rings. The third-order valence-electron chi connectivity index (χ3n) is 1.28. The minimum atomic E-state index is -1.16. The van der Waals surface area contributed by atoms with Crippen LogP contribution in [-0.2, 0) is 11.8 Å². The Morgan fingerprint density at radius 1 is 1.09 bits per heavy atom. The summed E-state index contributed by atoms with van der Waals surface area (Å²) in [6.45, 7) is 8.95. The van der Waals surface area contributed by atoms with Gasteiger partial charge in [0.25, 0.3) is 0 Å². The zero-order chi connectivity index (χ0) is 9.07. The number of halogens is 1. The maximum absolute atomic E-state index is 5.52. The minimum absolute atomic E-state index is 0.735. The lowest BCUT2D eigenvalue weighted by molar-refractivity contribution is 0.723. The summed E-state index contributed by atoms with van der Waals surface area (Å²) in [5.41, 5.74) is 0. The molecule has 0 nitrogen and oxygen atoms in total. The Balaban J connectivity index is 3.91. The Labute approximate surface area is 83.9 Å². The summed E-state index contributed by atoms with van der Waals surface area (Å²) in [5, 5.41) is 0. The monoisotopic (exact) mass is 256 g/mol. The van der Waals surface area contributed by atoms with E-state index >= 15 is 0 Å². The summed E-state index contributed by atoms with van der Waals surface area (Å²) in [6, 6.07) is 0. The fourth-order valence-corrected chi connectivity index (χ4v) is 8.76. The molecule has 0 saturated carbocycles. The maximum atomic E-state index is 5.52. The highest BCUT2D eigenvalue weighted by Crippen LogP contribution is 2.56. The van der Waals surface area contributed by atoms with E-state index in [1.165, 1.54) is 12.3 Å². The van der Waals surface area contributed by atoms with Gasteiger partial charge in [0, 0.05) is 4.74 Å². The molecule has 0 heterocycles. The summed E-state index contributed by atoms with van der Waals surface area (Å²) < 4.78 is -1.16. The molecule has 0 aromatic heterocycles. The van der Waals surface area contributed by atoms with Crippen LogP contribution < -0.4 is 0 Å². The van der Waals surface area contributed by atoms with Crippen LogP contribution in [0.15, 0.2) is 0 Å². The lowest BCUT2D eigenvalue weighted by Gasteiger charge is -2.18. The second-order valence-corrected chi connectivity index (χ2v) is 13.8. The third-order valence-corrected chi connectivity index (χ3v) is 6.46. The van der Waals surface area contributed by atoms with Crippen molar-refractivity contribution in [2.24, 2.45) is 11.8 Å². The minimum Gasteiger partial charge on any atom is -0.0854 e. The van der Waals surface area contributed by atoms with Crippen molar-refractivity contribution in [1.29, 1.82) is 0 Å². The molecule has 0 amide bonds. The number of hydrogen-bond donors (Lipinski definition) is 0. The zero-order valence-electron chi connectivity index (χ0n) is 7.80. The van der Waals surface area contributed by atoms with Gasteiger partial charge in [0.1, 0.15) is 0 Å². The normalized spacial score (nSPS) is 13.0. The van der Waals surface area contributed by atoms with Gasteiger partial charge in [-0.05, 0) is 39.6 Å². The molecule has 0 rings (SSSR count). The third kappa shape index (κ3) is 7.49. The first-order valence-corrected chi connectivity index (χ1v) is 9.30. The van der Waals surface area contributed by atoms with E-state index in [9.17, 15) is 0 Å². The second kappa shape index (κ2) is 4.99. The van der Waals surface area contributed by atoms with Crippen LogP contribution in [0.3, 0.4) is 0 Å². The molecule has 11 heavy (non-hydrogen) atoms. The molecule has 0 spiro atoms. The standard InChI is InChI=1S/C8H18BrPS/c1-7(2)5-10(9,11)6-8(3)4/h7-8H,5-6H2,1-4H3. The van der Waals surface area contributed by atoms with Gasteiger partial charge in [0.2, 0.25) is 0 Å². The van der Waals surface area contributed by atoms with Crippen LogP contribution in [0.5, 0.6) is 0 Å². The van der Waals surface area contributed by atoms with Crippen molar-refractivity contribution in [1.82, 2.24) is 0 Å². The van der Waals surface area contributed by atoms with Crippen LogP contribution in [0.1, 0.15) is 27.7 Å². The van der Waals surface area contributed by atoms with Gasteiger partial charge in [-0.2, -0.15) is 0 Å². The fourth-order valence-electron chi connectivity index (χ4n) is 1.17. The van der Waals surface area contributed by atoms with Gasteiger partial charge in [-0.3, -0.25) is 0 Å². The Morgan fingerprint density at radius 2 is 1.36 bits per heavy atom. The molecule has 0 aliphatic heterocycles. The molecule has 0 N–H and O–H groups in total. The molecular weight excluding hydrogens is 239 g/mol. The van der Waals surface area contributed by atoms with E-state index in [1.54, 1.807) is 0 Å². The topological polar surface area (TPSA) is 0 Å². The smallest absolute Gasteiger partial charge is 0.0177 e. The number of hydrogen-bond acceptors (Lipinski definition) is 1. The summed E-state index contributed by atoms with van der Waals surface area (Å²) >= 11 is 9.23. The quantitative estimate of drug-likeness (QED) is 0.683. The van der Waals surface area contributed by atoms with Crippen LogP contribution in [0.4, 0.5) is 0 Å². The van der Waals surface area contributed by atoms with E-state index in [0.29, 0.717) is 0 Å². The average molecular weight is 257 g/mol. The zero-order valence-corrected chi connectivity index (χ0v) is 11.1. The summed E-state index contributed by atoms with van der Waals surface area (Å²) in [5.74, 6) is 1.47. The Morgan fingerprint density at radius 3 is 1.55 bits per heavy atom. The van der Waals surface area contributed by atoms with Crippen molar-refractivity contribution in [3.05, 3.63) is 0 Å². The first kappa shape index (κ1) is 12.1. The molecule has 0 aromatic rings. The average Bonchev–Trinajstić information content (AvgIpc) is 1.53. The maximum Gasteiger partial charge on any atom is 0.0177 e. The lowest BCUT2D eigenvalue weighted by Crippen LogP contribution is -2.01. The van der Waals surface area contributed by atoms with Crippen molar-refractivity contribution in [3.8, 4) is 0 Å². The van der Waals surface area contributed by atoms with Gasteiger partial charge >= 0.3 is 0 Å². The Bertz CT molecular complexity index is 140. The lowest BCUT2D eigenvalue weighted by atomic mass is 10.3. The molecule has 0 aliphatic carbocycles. The molecule has 0 radical (unpaired) electrons. The van der Waals surface area contributed by atoms with E-state index in [-0.39, 0.29) is 0 Å². The molecular formula is C8H18BrPS. The van der Waals surface area contributed by atoms with E-state index < -0.39 is 4.74 Å². The van der Waals surface area contributed by atoms with Crippen molar-refractivity contribution < 1.29 is 0 Å². The summed E-state index contributed by atoms with van der Waals surface area (Å²) in [7, 11) is 0. The van der Waals surface area contributed by atoms with Gasteiger partial charge in [-0.25, -0.2) is 0 Å². The van der Waals surface area contributed by atoms with Crippen LogP contribution in [0, 0.1) is 11.8 Å². The second-order valence-electron chi connectivity index (χ2n) is 3.94. The molecule has 0 unspecified atom stereocenters. The largest absolute Gasteiger partial charge is 0.0854 e. The highest BCUT2D eigenvalue weighted by molar-refractivity contribution is 9.44.